The van der Waals surface area contributed by atoms with Gasteiger partial charge in [-0.3, -0.25) is 0 Å². The van der Waals surface area contributed by atoms with E-state index in [1.54, 1.807) is 0 Å². The Morgan fingerprint density at radius 1 is 0.371 bits per heavy atom. The molecule has 0 aliphatic rings. The van der Waals surface area contributed by atoms with E-state index in [0.29, 0.717) is 0 Å². The predicted molar refractivity (Wildman–Crippen MR) is 147 cm³/mol. The van der Waals surface area contributed by atoms with Crippen LogP contribution in [0.3, 0.4) is 0 Å². The van der Waals surface area contributed by atoms with Crippen LogP contribution in [0.2, 0.25) is 0 Å². The van der Waals surface area contributed by atoms with Crippen molar-refractivity contribution < 1.29 is 17.1 Å². The molecule has 5 heteroatoms. The van der Waals surface area contributed by atoms with E-state index < -0.39 is 0 Å². The third-order valence-electron chi connectivity index (χ3n) is 5.50. The summed E-state index contributed by atoms with van der Waals surface area (Å²) in [5.41, 5.74) is 4.85. The largest absolute Gasteiger partial charge is 2.00 e. The maximum Gasteiger partial charge on any atom is 2.00 e. The van der Waals surface area contributed by atoms with Gasteiger partial charge in [-0.25, -0.2) is 0 Å². The van der Waals surface area contributed by atoms with Crippen LogP contribution in [0.5, 0.6) is 0 Å². The van der Waals surface area contributed by atoms with E-state index >= 15 is 0 Å². The Morgan fingerprint density at radius 2 is 0.600 bits per heavy atom. The number of rotatable bonds is 0. The quantitative estimate of drug-likeness (QED) is 0.328. The van der Waals surface area contributed by atoms with Crippen LogP contribution in [0.25, 0.3) is 0 Å². The normalized spacial score (nSPS) is 13.8. The fraction of sp³-hybridized carbons (Fsp3) is 0.800. The Hall–Kier alpha value is -1.06. The van der Waals surface area contributed by atoms with E-state index in [4.69, 9.17) is 19.9 Å². The molecule has 0 aliphatic heterocycles. The third kappa shape index (κ3) is 9.08. The smallest absolute Gasteiger partial charge is 0.442 e. The summed E-state index contributed by atoms with van der Waals surface area (Å²) in [6.07, 6.45) is 0. The first kappa shape index (κ1) is 33.9. The Morgan fingerprint density at radius 3 is 0.714 bits per heavy atom. The van der Waals surface area contributed by atoms with Gasteiger partial charge < -0.3 is 19.9 Å². The summed E-state index contributed by atoms with van der Waals surface area (Å²) in [5.74, 6) is 1.93. The zero-order valence-corrected chi connectivity index (χ0v) is 27.2. The summed E-state index contributed by atoms with van der Waals surface area (Å²) in [5, 5.41) is 0. The van der Waals surface area contributed by atoms with Crippen LogP contribution in [0.15, 0.2) is 0 Å². The molecule has 2 rings (SSSR count). The van der Waals surface area contributed by atoms with Crippen LogP contribution in [-0.4, -0.2) is 9.97 Å². The van der Waals surface area contributed by atoms with Gasteiger partial charge in [0.25, 0.3) is 0 Å². The van der Waals surface area contributed by atoms with Crippen molar-refractivity contribution in [2.45, 2.75) is 157 Å². The Bertz CT molecular complexity index is 808. The predicted octanol–water partition coefficient (Wildman–Crippen LogP) is 7.86. The minimum Gasteiger partial charge on any atom is -0.442 e. The molecule has 2 heterocycles. The fourth-order valence-corrected chi connectivity index (χ4v) is 3.45. The van der Waals surface area contributed by atoms with Crippen molar-refractivity contribution in [3.8, 4) is 0 Å². The van der Waals surface area contributed by atoms with Gasteiger partial charge in [0.15, 0.2) is 0 Å². The number of imidazole rings is 2. The number of nitrogens with zero attached hydrogens (tertiary/aromatic N) is 4. The van der Waals surface area contributed by atoms with Crippen molar-refractivity contribution in [1.82, 2.24) is 19.9 Å². The second-order valence-electron chi connectivity index (χ2n) is 16.0. The minimum atomic E-state index is 0. The summed E-state index contributed by atoms with van der Waals surface area (Å²) in [4.78, 5) is 19.2. The van der Waals surface area contributed by atoms with Crippen LogP contribution < -0.4 is 9.97 Å². The van der Waals surface area contributed by atoms with Crippen molar-refractivity contribution in [1.29, 1.82) is 0 Å². The van der Waals surface area contributed by atoms with E-state index in [1.807, 2.05) is 0 Å². The third-order valence-corrected chi connectivity index (χ3v) is 5.50. The van der Waals surface area contributed by atoms with Crippen LogP contribution >= 0.6 is 0 Å². The SMILES string of the molecule is CC(C)(C)c1nc(C(C)(C)C)c(C(C)(C)C)[n-]1.CC(C)(C)c1nc(C(C)(C)C)c(C(C)(C)C)[n-]1.[Fe+2]. The maximum atomic E-state index is 4.81. The Balaban J connectivity index is 0.000000642. The molecule has 4 nitrogen and oxygen atoms in total. The van der Waals surface area contributed by atoms with Gasteiger partial charge in [-0.15, -0.1) is 0 Å². The van der Waals surface area contributed by atoms with Crippen molar-refractivity contribution >= 4 is 0 Å². The van der Waals surface area contributed by atoms with Gasteiger partial charge >= 0.3 is 17.1 Å². The monoisotopic (exact) mass is 526 g/mol. The van der Waals surface area contributed by atoms with Crippen molar-refractivity contribution in [3.05, 3.63) is 34.4 Å². The molecule has 0 spiro atoms. The molecule has 0 atom stereocenters. The Kier molecular flexibility index (Phi) is 10.1. The summed E-state index contributed by atoms with van der Waals surface area (Å²) in [7, 11) is 0. The van der Waals surface area contributed by atoms with E-state index in [0.717, 1.165) is 34.4 Å². The van der Waals surface area contributed by atoms with Crippen molar-refractivity contribution in [2.24, 2.45) is 0 Å². The topological polar surface area (TPSA) is 54.0 Å². The average Bonchev–Trinajstić information content (AvgIpc) is 3.18. The van der Waals surface area contributed by atoms with Gasteiger partial charge in [-0.1, -0.05) is 159 Å². The summed E-state index contributed by atoms with van der Waals surface area (Å²) in [6, 6.07) is 0. The van der Waals surface area contributed by atoms with Crippen molar-refractivity contribution in [2.75, 3.05) is 0 Å². The fourth-order valence-electron chi connectivity index (χ4n) is 3.45. The molecule has 0 saturated carbocycles. The minimum absolute atomic E-state index is 0. The molecule has 0 aromatic carbocycles. The zero-order chi connectivity index (χ0) is 27.3. The molecular formula is C30H54FeN4. The molecule has 202 valence electrons. The van der Waals surface area contributed by atoms with Crippen molar-refractivity contribution in [3.63, 3.8) is 0 Å². The number of hydrogen-bond donors (Lipinski definition) is 0. The molecule has 0 radical (unpaired) electrons. The standard InChI is InChI=1S/2C15H27N2.Fe/c2*1-13(2,3)10-11(14(4,5)6)17-12(16-10)15(7,8)9;/h2*1-9H3;/q2*-1;+2. The van der Waals surface area contributed by atoms with E-state index in [9.17, 15) is 0 Å². The molecule has 2 aromatic rings. The van der Waals surface area contributed by atoms with E-state index in [1.165, 1.54) is 0 Å². The first-order chi connectivity index (χ1) is 14.7. The van der Waals surface area contributed by atoms with Gasteiger partial charge in [0.1, 0.15) is 0 Å². The summed E-state index contributed by atoms with van der Waals surface area (Å²) in [6.45, 7) is 39.5. The first-order valence-electron chi connectivity index (χ1n) is 12.8. The maximum absolute atomic E-state index is 4.81. The van der Waals surface area contributed by atoms with Gasteiger partial charge in [0.2, 0.25) is 0 Å². The molecule has 0 fully saturated rings. The van der Waals surface area contributed by atoms with E-state index in [2.05, 4.69) is 125 Å². The molecule has 2 aromatic heterocycles. The second kappa shape index (κ2) is 10.4. The van der Waals surface area contributed by atoms with Gasteiger partial charge in [-0.05, 0) is 32.5 Å². The zero-order valence-electron chi connectivity index (χ0n) is 26.1. The van der Waals surface area contributed by atoms with Gasteiger partial charge in [0, 0.05) is 0 Å². The van der Waals surface area contributed by atoms with Crippen LogP contribution in [0, 0.1) is 0 Å². The molecule has 35 heavy (non-hydrogen) atoms. The number of hydrogen-bond acceptors (Lipinski definition) is 2. The number of aromatic nitrogens is 4. The molecule has 0 N–H and O–H groups in total. The van der Waals surface area contributed by atoms with Crippen LogP contribution in [0.1, 0.15) is 159 Å². The second-order valence-corrected chi connectivity index (χ2v) is 16.0. The molecule has 0 unspecified atom stereocenters. The molecule has 0 saturated heterocycles. The Labute approximate surface area is 228 Å². The molecule has 0 amide bonds. The molecular weight excluding hydrogens is 472 g/mol. The van der Waals surface area contributed by atoms with Crippen LogP contribution in [0.4, 0.5) is 0 Å². The van der Waals surface area contributed by atoms with Crippen LogP contribution in [-0.2, 0) is 49.6 Å². The first-order valence-corrected chi connectivity index (χ1v) is 12.8. The van der Waals surface area contributed by atoms with Gasteiger partial charge in [0.05, 0.1) is 0 Å². The molecule has 0 aliphatic carbocycles. The van der Waals surface area contributed by atoms with Gasteiger partial charge in [-0.2, -0.15) is 0 Å². The van der Waals surface area contributed by atoms with E-state index in [-0.39, 0.29) is 49.6 Å². The summed E-state index contributed by atoms with van der Waals surface area (Å²) < 4.78 is 0. The average molecular weight is 527 g/mol. The summed E-state index contributed by atoms with van der Waals surface area (Å²) >= 11 is 0. The molecule has 0 bridgehead atoms.